The van der Waals surface area contributed by atoms with Crippen LogP contribution in [0.2, 0.25) is 0 Å². The highest BCUT2D eigenvalue weighted by molar-refractivity contribution is 8.77. The molecule has 0 saturated carbocycles. The summed E-state index contributed by atoms with van der Waals surface area (Å²) in [6.45, 7) is 10.3. The van der Waals surface area contributed by atoms with Gasteiger partial charge >= 0.3 is 5.97 Å². The molecule has 1 aromatic heterocycles. The first-order chi connectivity index (χ1) is 53.8. The first-order valence-corrected chi connectivity index (χ1v) is 41.0. The fourth-order valence-corrected chi connectivity index (χ4v) is 16.8. The number of nitrogens with two attached hydrogens (primary N) is 5. The number of rotatable bonds is 30. The van der Waals surface area contributed by atoms with E-state index in [9.17, 15) is 39.0 Å². The van der Waals surface area contributed by atoms with Crippen molar-refractivity contribution in [2.45, 2.75) is 216 Å². The molecule has 0 spiro atoms. The molecule has 2 aliphatic rings. The largest absolute Gasteiger partial charge is 0.480 e. The van der Waals surface area contributed by atoms with Crippen molar-refractivity contribution in [3.63, 3.8) is 0 Å². The molecule has 6 rings (SSSR count). The van der Waals surface area contributed by atoms with E-state index >= 15 is 28.8 Å². The number of nitrogens with zero attached hydrogens (tertiary/aromatic N) is 1. The second-order valence-corrected chi connectivity index (χ2v) is 33.8. The fourth-order valence-electron chi connectivity index (χ4n) is 13.0. The van der Waals surface area contributed by atoms with E-state index < -0.39 is 178 Å². The second-order valence-electron chi connectivity index (χ2n) is 29.9. The Morgan fingerprint density at radius 2 is 1.19 bits per heavy atom. The second kappa shape index (κ2) is 44.5. The van der Waals surface area contributed by atoms with Gasteiger partial charge in [-0.2, -0.15) is 0 Å². The van der Waals surface area contributed by atoms with Crippen molar-refractivity contribution in [1.29, 1.82) is 16.2 Å². The fraction of sp³-hybridized carbons (Fsp3) is 0.554. The third-order valence-electron chi connectivity index (χ3n) is 19.0. The Labute approximate surface area is 673 Å². The average Bonchev–Trinajstić information content (AvgIpc) is 1.06. The molecule has 4 aromatic rings. The maximum absolute atomic E-state index is 16.0. The van der Waals surface area contributed by atoms with Gasteiger partial charge in [0.15, 0.2) is 17.9 Å². The quantitative estimate of drug-likeness (QED) is 0.00894. The maximum atomic E-state index is 16.0. The van der Waals surface area contributed by atoms with Crippen molar-refractivity contribution < 1.29 is 67.7 Å². The van der Waals surface area contributed by atoms with Crippen LogP contribution in [0, 0.1) is 21.6 Å². The van der Waals surface area contributed by atoms with Gasteiger partial charge in [-0.15, -0.1) is 11.3 Å². The van der Waals surface area contributed by atoms with Crippen molar-refractivity contribution in [1.82, 2.24) is 79.3 Å². The minimum atomic E-state index is -1.91. The number of benzene rings is 3. The first-order valence-electron chi connectivity index (χ1n) is 37.8. The van der Waals surface area contributed by atoms with Crippen molar-refractivity contribution in [3.8, 4) is 0 Å². The number of hydrogen-bond donors (Lipinski definition) is 24. The van der Waals surface area contributed by atoms with E-state index in [0.717, 1.165) is 49.4 Å². The van der Waals surface area contributed by atoms with Crippen molar-refractivity contribution in [2.24, 2.45) is 34.1 Å². The Kier molecular flexibility index (Phi) is 36.2. The Hall–Kier alpha value is -10.1. The van der Waals surface area contributed by atoms with Gasteiger partial charge in [0.1, 0.15) is 72.7 Å². The first kappa shape index (κ1) is 92.7. The Bertz CT molecular complexity index is 4070. The molecule has 3 aromatic carbocycles. The monoisotopic (exact) mass is 1640 g/mol. The summed E-state index contributed by atoms with van der Waals surface area (Å²) in [5, 5.41) is 87.1. The highest BCUT2D eigenvalue weighted by Crippen LogP contribution is 2.39. The number of aliphatic hydroxyl groups is 1. The van der Waals surface area contributed by atoms with E-state index in [0.29, 0.717) is 24.0 Å². The Balaban J connectivity index is 1.53. The van der Waals surface area contributed by atoms with Crippen LogP contribution in [-0.4, -0.2) is 226 Å². The Morgan fingerprint density at radius 1 is 0.649 bits per heavy atom. The summed E-state index contributed by atoms with van der Waals surface area (Å²) in [6, 6.07) is 3.21. The van der Waals surface area contributed by atoms with Crippen LogP contribution >= 0.6 is 32.9 Å². The number of amides is 11. The zero-order chi connectivity index (χ0) is 84.1. The van der Waals surface area contributed by atoms with Crippen molar-refractivity contribution >= 4 is 143 Å². The minimum Gasteiger partial charge on any atom is -0.480 e. The van der Waals surface area contributed by atoms with Crippen LogP contribution in [0.5, 0.6) is 0 Å². The summed E-state index contributed by atoms with van der Waals surface area (Å²) in [5.74, 6) is -12.9. The molecule has 626 valence electrons. The number of piperidine rings is 1. The zero-order valence-corrected chi connectivity index (χ0v) is 67.7. The molecular formula is C74H113N23O14S3. The standard InChI is InChI=1S/C74H113N23O14S3/c1-39(98)55(65(107)91-49(24-17-32-86-72(81)82)61(103)96-57(68(110)111)73(3,4)5)94-66(108)56-74(6,7)114-113-38-52(87-40(2)99)63(105)90-47(22-15-30-84-70(77)78)59(101)88-46(21-14-29-83-69(75)76)58(100)89-48(23-16-31-85-71(79)80)60(102)92-50(35-41-27-28-42-18-8-9-19-43(42)34-41)62(104)93-51(36-44-37-112-54-26-11-10-20-45(44)54)67(109)97-33-13-12-25-53(97)64(106)95-56/h8-11,18-20,26-28,34,37,39,46-53,55-57,72,86,98H,12-17,21-25,29-33,35-36,38,81-82H2,1-7H3,(H,87,99)(H,88,101)(H,89,100)(H,90,105)(H,91,107)(H,92,102)(H,93,104)(H,94,108)(H,95,106)(H,96,103)(H,110,111)(H4,75,76,83)(H4,77,78,84)(H4,79,80,85)/t39?,46-,47+,48-,49-,50-,51-,52-,53?,55-,56+,57+/m0/s1. The number of aliphatic carboxylic acids is 1. The van der Waals surface area contributed by atoms with E-state index in [1.54, 1.807) is 26.8 Å². The van der Waals surface area contributed by atoms with Gasteiger partial charge < -0.3 is 113 Å². The van der Waals surface area contributed by atoms with Crippen LogP contribution in [0.25, 0.3) is 20.9 Å². The van der Waals surface area contributed by atoms with Crippen molar-refractivity contribution in [2.75, 3.05) is 38.5 Å². The highest BCUT2D eigenvalue weighted by atomic mass is 33.1. The molecule has 3 heterocycles. The molecule has 2 unspecified atom stereocenters. The molecule has 2 saturated heterocycles. The van der Waals surface area contributed by atoms with E-state index in [2.05, 4.69) is 74.4 Å². The zero-order valence-electron chi connectivity index (χ0n) is 65.2. The minimum absolute atomic E-state index is 0.00867. The topological polar surface area (TPSA) is 619 Å². The van der Waals surface area contributed by atoms with Crippen LogP contribution in [-0.2, 0) is 70.4 Å². The molecule has 114 heavy (non-hydrogen) atoms. The van der Waals surface area contributed by atoms with E-state index in [1.807, 2.05) is 66.0 Å². The van der Waals surface area contributed by atoms with Gasteiger partial charge in [0, 0.05) is 61.1 Å². The number of thiophene rings is 1. The van der Waals surface area contributed by atoms with Gasteiger partial charge in [-0.25, -0.2) is 4.79 Å². The summed E-state index contributed by atoms with van der Waals surface area (Å²) < 4.78 is -0.733. The number of fused-ring (bicyclic) bond motifs is 3. The third-order valence-corrected chi connectivity index (χ3v) is 23.3. The van der Waals surface area contributed by atoms with E-state index in [4.69, 9.17) is 44.9 Å². The van der Waals surface area contributed by atoms with Gasteiger partial charge in [0.05, 0.1) is 6.10 Å². The molecule has 12 atom stereocenters. The lowest BCUT2D eigenvalue weighted by Gasteiger charge is -2.40. The van der Waals surface area contributed by atoms with Gasteiger partial charge in [0.2, 0.25) is 65.0 Å². The molecule has 11 amide bonds. The van der Waals surface area contributed by atoms with E-state index in [1.165, 1.54) is 37.0 Å². The van der Waals surface area contributed by atoms with Gasteiger partial charge in [-0.05, 0) is 142 Å². The number of carboxylic acids is 1. The molecule has 2 aliphatic heterocycles. The number of aliphatic hydroxyl groups excluding tert-OH is 1. The summed E-state index contributed by atoms with van der Waals surface area (Å²) in [5.41, 5.74) is 28.4. The smallest absolute Gasteiger partial charge is 0.326 e. The molecule has 29 N–H and O–H groups in total. The number of nitrogens with one attached hydrogen (secondary N) is 17. The number of hydrogen-bond acceptors (Lipinski definition) is 22. The molecule has 40 heteroatoms. The number of carboxylic acid groups (broad SMARTS) is 1. The van der Waals surface area contributed by atoms with Crippen LogP contribution in [0.1, 0.15) is 130 Å². The molecule has 0 bridgehead atoms. The predicted octanol–water partition coefficient (Wildman–Crippen LogP) is -1.87. The van der Waals surface area contributed by atoms with Gasteiger partial charge in [0.25, 0.3) is 0 Å². The van der Waals surface area contributed by atoms with Crippen molar-refractivity contribution in [3.05, 3.63) is 83.2 Å². The molecule has 0 radical (unpaired) electrons. The third kappa shape index (κ3) is 29.4. The lowest BCUT2D eigenvalue weighted by atomic mass is 9.86. The van der Waals surface area contributed by atoms with Crippen LogP contribution in [0.3, 0.4) is 0 Å². The Morgan fingerprint density at radius 3 is 1.75 bits per heavy atom. The predicted molar refractivity (Wildman–Crippen MR) is 437 cm³/mol. The summed E-state index contributed by atoms with van der Waals surface area (Å²) >= 11 is 1.39. The normalized spacial score (nSPS) is 21.6. The van der Waals surface area contributed by atoms with Crippen LogP contribution < -0.4 is 103 Å². The number of guanidine groups is 3. The van der Waals surface area contributed by atoms with Crippen LogP contribution in [0.15, 0.2) is 72.1 Å². The molecule has 0 aliphatic carbocycles. The SMILES string of the molecule is CC(=O)N[C@H]1CSSC(C)(C)[C@@H](C(=O)N[C@H](C(=O)N[C@@H](CCCNC(N)N)C(=O)N[C@H](C(=O)O)C(C)(C)C)C(C)O)NC(=O)C2CCCCN2C(=O)[C@H](Cc2csc3ccccc23)NC(=O)[C@H](Cc2ccc3ccccc3c2)NC(=O)[C@H](CCCNC(=N)N)NC(=O)[C@H](CCCNC(=N)N)NC(=O)[C@@H](CCCNC(=N)N)NC1=O. The molecular weight excluding hydrogens is 1530 g/mol. The summed E-state index contributed by atoms with van der Waals surface area (Å²) in [7, 11) is 1.85. The van der Waals surface area contributed by atoms with Gasteiger partial charge in [-0.3, -0.25) is 74.3 Å². The lowest BCUT2D eigenvalue weighted by Crippen LogP contribution is -2.65. The number of carbonyl (C=O) groups excluding carboxylic acids is 11. The summed E-state index contributed by atoms with van der Waals surface area (Å²) in [4.78, 5) is 179. The highest BCUT2D eigenvalue weighted by Gasteiger charge is 2.45. The van der Waals surface area contributed by atoms with E-state index in [-0.39, 0.29) is 109 Å². The number of carbonyl (C=O) groups is 12. The summed E-state index contributed by atoms with van der Waals surface area (Å²) in [6.07, 6.45) is -2.62. The average molecular weight is 1650 g/mol. The van der Waals surface area contributed by atoms with Crippen LogP contribution in [0.4, 0.5) is 0 Å². The maximum Gasteiger partial charge on any atom is 0.326 e. The lowest BCUT2D eigenvalue weighted by molar-refractivity contribution is -0.146. The molecule has 2 fully saturated rings. The molecule has 37 nitrogen and oxygen atoms in total. The van der Waals surface area contributed by atoms with Gasteiger partial charge in [-0.1, -0.05) is 103 Å².